The number of ether oxygens (including phenoxy) is 1. The lowest BCUT2D eigenvalue weighted by atomic mass is 9.94. The fraction of sp³-hybridized carbons (Fsp3) is 0.480. The Morgan fingerprint density at radius 3 is 2.62 bits per heavy atom. The number of aromatic nitrogens is 2. The molecule has 1 aromatic carbocycles. The zero-order valence-corrected chi connectivity index (χ0v) is 20.1. The SMILES string of the molecule is COc1ccc2c(c1)c(CC(=O)N(c1nccs1)C1CCCCC1)c(C)n2C(=O)C(C)C. The molecule has 0 radical (unpaired) electrons. The van der Waals surface area contributed by atoms with Gasteiger partial charge in [-0.25, -0.2) is 4.98 Å². The van der Waals surface area contributed by atoms with Gasteiger partial charge in [0.05, 0.1) is 19.0 Å². The Morgan fingerprint density at radius 1 is 1.25 bits per heavy atom. The molecular weight excluding hydrogens is 422 g/mol. The summed E-state index contributed by atoms with van der Waals surface area (Å²) in [6.07, 6.45) is 7.49. The van der Waals surface area contributed by atoms with Crippen molar-refractivity contribution in [3.63, 3.8) is 0 Å². The van der Waals surface area contributed by atoms with Gasteiger partial charge in [0.25, 0.3) is 0 Å². The Hall–Kier alpha value is -2.67. The van der Waals surface area contributed by atoms with E-state index in [1.165, 1.54) is 17.8 Å². The second kappa shape index (κ2) is 9.45. The van der Waals surface area contributed by atoms with Crippen molar-refractivity contribution in [2.24, 2.45) is 5.92 Å². The highest BCUT2D eigenvalue weighted by Crippen LogP contribution is 2.33. The normalized spacial score (nSPS) is 14.8. The van der Waals surface area contributed by atoms with Gasteiger partial charge in [-0.3, -0.25) is 19.1 Å². The molecule has 4 rings (SSSR count). The molecule has 2 aromatic heterocycles. The quantitative estimate of drug-likeness (QED) is 0.486. The van der Waals surface area contributed by atoms with Gasteiger partial charge in [0, 0.05) is 34.6 Å². The van der Waals surface area contributed by atoms with Crippen molar-refractivity contribution in [1.82, 2.24) is 9.55 Å². The number of methoxy groups -OCH3 is 1. The van der Waals surface area contributed by atoms with Crippen LogP contribution in [0.1, 0.15) is 62.0 Å². The highest BCUT2D eigenvalue weighted by molar-refractivity contribution is 7.13. The lowest BCUT2D eigenvalue weighted by Gasteiger charge is -2.32. The van der Waals surface area contributed by atoms with E-state index in [9.17, 15) is 9.59 Å². The maximum Gasteiger partial charge on any atom is 0.233 e. The first-order valence-corrected chi connectivity index (χ1v) is 12.2. The Kier molecular flexibility index (Phi) is 6.65. The lowest BCUT2D eigenvalue weighted by Crippen LogP contribution is -2.42. The lowest BCUT2D eigenvalue weighted by molar-refractivity contribution is -0.118. The van der Waals surface area contributed by atoms with Gasteiger partial charge >= 0.3 is 0 Å². The van der Waals surface area contributed by atoms with Gasteiger partial charge in [-0.05, 0) is 43.5 Å². The van der Waals surface area contributed by atoms with E-state index in [0.29, 0.717) is 5.75 Å². The third-order valence-electron chi connectivity index (χ3n) is 6.42. The largest absolute Gasteiger partial charge is 0.497 e. The fourth-order valence-corrected chi connectivity index (χ4v) is 5.46. The zero-order valence-electron chi connectivity index (χ0n) is 19.3. The Labute approximate surface area is 193 Å². The summed E-state index contributed by atoms with van der Waals surface area (Å²) in [5, 5.41) is 3.58. The molecule has 170 valence electrons. The Balaban J connectivity index is 1.77. The predicted octanol–water partition coefficient (Wildman–Crippen LogP) is 5.62. The number of nitrogens with zero attached hydrogens (tertiary/aromatic N) is 3. The summed E-state index contributed by atoms with van der Waals surface area (Å²) < 4.78 is 7.20. The van der Waals surface area contributed by atoms with Crippen molar-refractivity contribution in [1.29, 1.82) is 0 Å². The van der Waals surface area contributed by atoms with Crippen LogP contribution in [0.2, 0.25) is 0 Å². The van der Waals surface area contributed by atoms with Gasteiger partial charge in [-0.2, -0.15) is 0 Å². The molecule has 0 spiro atoms. The number of thiazole rings is 1. The molecule has 1 saturated carbocycles. The third-order valence-corrected chi connectivity index (χ3v) is 7.19. The molecule has 1 aliphatic carbocycles. The number of hydrogen-bond acceptors (Lipinski definition) is 5. The minimum absolute atomic E-state index is 0.0282. The first kappa shape index (κ1) is 22.5. The molecule has 3 aromatic rings. The second-order valence-electron chi connectivity index (χ2n) is 8.82. The van der Waals surface area contributed by atoms with Crippen LogP contribution in [0.15, 0.2) is 29.8 Å². The van der Waals surface area contributed by atoms with Crippen LogP contribution < -0.4 is 9.64 Å². The Morgan fingerprint density at radius 2 is 2.00 bits per heavy atom. The van der Waals surface area contributed by atoms with Gasteiger partial charge in [-0.1, -0.05) is 33.1 Å². The monoisotopic (exact) mass is 453 g/mol. The van der Waals surface area contributed by atoms with E-state index in [4.69, 9.17) is 4.74 Å². The highest BCUT2D eigenvalue weighted by Gasteiger charge is 2.30. The van der Waals surface area contributed by atoms with Gasteiger partial charge in [-0.15, -0.1) is 11.3 Å². The molecule has 2 heterocycles. The second-order valence-corrected chi connectivity index (χ2v) is 9.70. The van der Waals surface area contributed by atoms with Crippen LogP contribution in [0.3, 0.4) is 0 Å². The van der Waals surface area contributed by atoms with Gasteiger partial charge < -0.3 is 4.74 Å². The average molecular weight is 454 g/mol. The summed E-state index contributed by atoms with van der Waals surface area (Å²) in [5.74, 6) is 0.627. The van der Waals surface area contributed by atoms with E-state index in [0.717, 1.165) is 53.0 Å². The predicted molar refractivity (Wildman–Crippen MR) is 129 cm³/mol. The van der Waals surface area contributed by atoms with Crippen LogP contribution in [0.25, 0.3) is 10.9 Å². The molecule has 1 amide bonds. The number of carbonyl (C=O) groups is 2. The third kappa shape index (κ3) is 4.18. The fourth-order valence-electron chi connectivity index (χ4n) is 4.73. The number of amides is 1. The van der Waals surface area contributed by atoms with E-state index in [-0.39, 0.29) is 30.2 Å². The Bertz CT molecular complexity index is 1110. The molecule has 0 aliphatic heterocycles. The molecule has 0 saturated heterocycles. The van der Waals surface area contributed by atoms with E-state index in [2.05, 4.69) is 4.98 Å². The first-order valence-electron chi connectivity index (χ1n) is 11.4. The van der Waals surface area contributed by atoms with Crippen molar-refractivity contribution >= 4 is 39.2 Å². The maximum absolute atomic E-state index is 13.7. The van der Waals surface area contributed by atoms with Crippen molar-refractivity contribution in [2.45, 2.75) is 65.3 Å². The zero-order chi connectivity index (χ0) is 22.8. The molecule has 1 fully saturated rings. The number of carbonyl (C=O) groups excluding carboxylic acids is 2. The van der Waals surface area contributed by atoms with E-state index >= 15 is 0 Å². The summed E-state index contributed by atoms with van der Waals surface area (Å²) in [4.78, 5) is 33.2. The molecule has 7 heteroatoms. The smallest absolute Gasteiger partial charge is 0.233 e. The van der Waals surface area contributed by atoms with Crippen LogP contribution in [-0.2, 0) is 11.2 Å². The average Bonchev–Trinajstić information content (AvgIpc) is 3.41. The van der Waals surface area contributed by atoms with Crippen molar-refractivity contribution < 1.29 is 14.3 Å². The summed E-state index contributed by atoms with van der Waals surface area (Å²) in [6.45, 7) is 5.73. The summed E-state index contributed by atoms with van der Waals surface area (Å²) >= 11 is 1.51. The van der Waals surface area contributed by atoms with Crippen LogP contribution in [0.5, 0.6) is 5.75 Å². The maximum atomic E-state index is 13.7. The van der Waals surface area contributed by atoms with E-state index in [1.54, 1.807) is 17.9 Å². The van der Waals surface area contributed by atoms with Crippen molar-refractivity contribution in [3.8, 4) is 5.75 Å². The topological polar surface area (TPSA) is 64.4 Å². The number of benzene rings is 1. The molecule has 32 heavy (non-hydrogen) atoms. The van der Waals surface area contributed by atoms with Gasteiger partial charge in [0.15, 0.2) is 5.13 Å². The van der Waals surface area contributed by atoms with Crippen LogP contribution in [0.4, 0.5) is 5.13 Å². The number of hydrogen-bond donors (Lipinski definition) is 0. The highest BCUT2D eigenvalue weighted by atomic mass is 32.1. The van der Waals surface area contributed by atoms with Gasteiger partial charge in [0.2, 0.25) is 11.8 Å². The van der Waals surface area contributed by atoms with Crippen LogP contribution in [0, 0.1) is 12.8 Å². The number of rotatable bonds is 6. The van der Waals surface area contributed by atoms with E-state index in [1.807, 2.05) is 49.3 Å². The first-order chi connectivity index (χ1) is 15.4. The molecule has 6 nitrogen and oxygen atoms in total. The summed E-state index contributed by atoms with van der Waals surface area (Å²) in [6, 6.07) is 5.89. The molecule has 1 aliphatic rings. The molecule has 0 unspecified atom stereocenters. The minimum atomic E-state index is -0.149. The minimum Gasteiger partial charge on any atom is -0.497 e. The van der Waals surface area contributed by atoms with Crippen LogP contribution in [-0.4, -0.2) is 34.5 Å². The van der Waals surface area contributed by atoms with Crippen molar-refractivity contribution in [3.05, 3.63) is 41.0 Å². The van der Waals surface area contributed by atoms with Gasteiger partial charge in [0.1, 0.15) is 5.75 Å². The number of anilines is 1. The van der Waals surface area contributed by atoms with Crippen molar-refractivity contribution in [2.75, 3.05) is 12.0 Å². The van der Waals surface area contributed by atoms with Crippen LogP contribution >= 0.6 is 11.3 Å². The summed E-state index contributed by atoms with van der Waals surface area (Å²) in [7, 11) is 1.63. The van der Waals surface area contributed by atoms with E-state index < -0.39 is 0 Å². The molecule has 0 bridgehead atoms. The summed E-state index contributed by atoms with van der Waals surface area (Å²) in [5.41, 5.74) is 2.53. The molecule has 0 atom stereocenters. The molecule has 0 N–H and O–H groups in total. The molecular formula is C25H31N3O3S. The standard InChI is InChI=1S/C25H31N3O3S/c1-16(2)24(30)27-17(3)20(21-14-19(31-4)10-11-22(21)27)15-23(29)28(25-26-12-13-32-25)18-8-6-5-7-9-18/h10-14,16,18H,5-9,15H2,1-4H3. The number of fused-ring (bicyclic) bond motifs is 1.